The maximum Gasteiger partial charge on any atom is 0.0728 e. The maximum absolute atomic E-state index is 5.52. The van der Waals surface area contributed by atoms with Gasteiger partial charge in [-0.05, 0) is 48.4 Å². The van der Waals surface area contributed by atoms with Crippen molar-refractivity contribution in [3.63, 3.8) is 0 Å². The van der Waals surface area contributed by atoms with E-state index < -0.39 is 0 Å². The second-order valence-electron chi connectivity index (χ2n) is 4.55. The van der Waals surface area contributed by atoms with E-state index in [2.05, 4.69) is 18.3 Å². The Morgan fingerprint density at radius 2 is 2.13 bits per heavy atom. The summed E-state index contributed by atoms with van der Waals surface area (Å²) in [6.45, 7) is 4.96. The molecular weight excluding hydrogens is 186 g/mol. The van der Waals surface area contributed by atoms with Crippen LogP contribution >= 0.6 is 0 Å². The molecule has 0 aliphatic carbocycles. The van der Waals surface area contributed by atoms with Gasteiger partial charge in [0.1, 0.15) is 0 Å². The van der Waals surface area contributed by atoms with Crippen molar-refractivity contribution in [2.24, 2.45) is 0 Å². The number of hydrogen-bond acceptors (Lipinski definition) is 2. The molecule has 0 spiro atoms. The molecule has 1 aromatic carbocycles. The van der Waals surface area contributed by atoms with Crippen LogP contribution in [-0.4, -0.2) is 6.54 Å². The van der Waals surface area contributed by atoms with Gasteiger partial charge in [-0.2, -0.15) is 0 Å². The average molecular weight is 203 g/mol. The van der Waals surface area contributed by atoms with E-state index in [1.54, 1.807) is 0 Å². The zero-order chi connectivity index (χ0) is 10.3. The molecule has 2 aliphatic heterocycles. The molecule has 0 radical (unpaired) electrons. The van der Waals surface area contributed by atoms with Crippen LogP contribution in [0, 0.1) is 6.92 Å². The first-order valence-corrected chi connectivity index (χ1v) is 5.82. The van der Waals surface area contributed by atoms with E-state index in [9.17, 15) is 0 Å². The van der Waals surface area contributed by atoms with Crippen molar-refractivity contribution in [1.29, 1.82) is 0 Å². The summed E-state index contributed by atoms with van der Waals surface area (Å²) < 4.78 is 5.52. The Balaban J connectivity index is 2.15. The molecule has 1 N–H and O–H groups in total. The number of benzene rings is 1. The van der Waals surface area contributed by atoms with Crippen LogP contribution in [0.3, 0.4) is 0 Å². The Hall–Kier alpha value is -1.02. The van der Waals surface area contributed by atoms with Crippen LogP contribution < -0.4 is 5.32 Å². The molecule has 0 unspecified atom stereocenters. The Kier molecular flexibility index (Phi) is 2.17. The van der Waals surface area contributed by atoms with Crippen LogP contribution in [-0.2, 0) is 24.4 Å². The van der Waals surface area contributed by atoms with Crippen molar-refractivity contribution in [2.45, 2.75) is 39.4 Å². The summed E-state index contributed by atoms with van der Waals surface area (Å²) in [5.74, 6) is 0. The summed E-state index contributed by atoms with van der Waals surface area (Å²) in [4.78, 5) is 0. The molecule has 2 nitrogen and oxygen atoms in total. The third-order valence-electron chi connectivity index (χ3n) is 3.56. The standard InChI is InChI=1S/C13H17NO/c1-9-12-8-15-7-11(12)6-10-4-2-3-5-14-13(9)10/h6,14H,2-5,7-8H2,1H3. The average Bonchev–Trinajstić information content (AvgIpc) is 2.56. The van der Waals surface area contributed by atoms with Gasteiger partial charge in [0.15, 0.2) is 0 Å². The summed E-state index contributed by atoms with van der Waals surface area (Å²) in [5, 5.41) is 3.57. The molecule has 2 heteroatoms. The van der Waals surface area contributed by atoms with Gasteiger partial charge in [-0.15, -0.1) is 0 Å². The largest absolute Gasteiger partial charge is 0.385 e. The molecule has 0 fully saturated rings. The first-order valence-electron chi connectivity index (χ1n) is 5.82. The zero-order valence-electron chi connectivity index (χ0n) is 9.23. The molecular formula is C13H17NO. The molecule has 0 saturated carbocycles. The molecule has 0 amide bonds. The summed E-state index contributed by atoms with van der Waals surface area (Å²) in [6, 6.07) is 2.35. The minimum Gasteiger partial charge on any atom is -0.385 e. The Bertz CT molecular complexity index is 398. The highest BCUT2D eigenvalue weighted by atomic mass is 16.5. The van der Waals surface area contributed by atoms with Gasteiger partial charge in [-0.1, -0.05) is 6.07 Å². The molecule has 15 heavy (non-hydrogen) atoms. The molecule has 2 aliphatic rings. The van der Waals surface area contributed by atoms with Gasteiger partial charge < -0.3 is 10.1 Å². The highest BCUT2D eigenvalue weighted by Gasteiger charge is 2.20. The third kappa shape index (κ3) is 1.44. The van der Waals surface area contributed by atoms with Gasteiger partial charge in [0.25, 0.3) is 0 Å². The fourth-order valence-electron chi connectivity index (χ4n) is 2.69. The molecule has 0 atom stereocenters. The quantitative estimate of drug-likeness (QED) is 0.700. The van der Waals surface area contributed by atoms with Crippen LogP contribution in [0.15, 0.2) is 6.07 Å². The van der Waals surface area contributed by atoms with E-state index >= 15 is 0 Å². The Morgan fingerprint density at radius 1 is 1.20 bits per heavy atom. The SMILES string of the molecule is Cc1c2c(cc3c1NCCCC3)COC2. The van der Waals surface area contributed by atoms with Crippen LogP contribution in [0.5, 0.6) is 0 Å². The zero-order valence-corrected chi connectivity index (χ0v) is 9.23. The van der Waals surface area contributed by atoms with Gasteiger partial charge in [0, 0.05) is 12.2 Å². The lowest BCUT2D eigenvalue weighted by molar-refractivity contribution is 0.134. The van der Waals surface area contributed by atoms with E-state index in [1.807, 2.05) is 0 Å². The van der Waals surface area contributed by atoms with Crippen molar-refractivity contribution in [1.82, 2.24) is 0 Å². The normalized spacial score (nSPS) is 19.0. The summed E-state index contributed by atoms with van der Waals surface area (Å²) >= 11 is 0. The summed E-state index contributed by atoms with van der Waals surface area (Å²) in [6.07, 6.45) is 3.81. The van der Waals surface area contributed by atoms with Crippen LogP contribution in [0.2, 0.25) is 0 Å². The van der Waals surface area contributed by atoms with Gasteiger partial charge in [-0.25, -0.2) is 0 Å². The Labute approximate surface area is 90.6 Å². The van der Waals surface area contributed by atoms with Crippen molar-refractivity contribution in [3.05, 3.63) is 28.3 Å². The van der Waals surface area contributed by atoms with Crippen molar-refractivity contribution in [3.8, 4) is 0 Å². The van der Waals surface area contributed by atoms with Crippen LogP contribution in [0.1, 0.15) is 35.1 Å². The van der Waals surface area contributed by atoms with Crippen molar-refractivity contribution < 1.29 is 4.74 Å². The van der Waals surface area contributed by atoms with Crippen LogP contribution in [0.25, 0.3) is 0 Å². The third-order valence-corrected chi connectivity index (χ3v) is 3.56. The lowest BCUT2D eigenvalue weighted by Gasteiger charge is -2.14. The maximum atomic E-state index is 5.52. The smallest absolute Gasteiger partial charge is 0.0728 e. The summed E-state index contributed by atoms with van der Waals surface area (Å²) in [5.41, 5.74) is 7.13. The molecule has 0 aromatic heterocycles. The van der Waals surface area contributed by atoms with Gasteiger partial charge in [0.05, 0.1) is 13.2 Å². The van der Waals surface area contributed by atoms with E-state index in [0.717, 1.165) is 19.8 Å². The number of hydrogen-bond donors (Lipinski definition) is 1. The number of anilines is 1. The fraction of sp³-hybridized carbons (Fsp3) is 0.538. The summed E-state index contributed by atoms with van der Waals surface area (Å²) in [7, 11) is 0. The number of fused-ring (bicyclic) bond motifs is 2. The number of rotatable bonds is 0. The minimum atomic E-state index is 0.802. The second-order valence-corrected chi connectivity index (χ2v) is 4.55. The lowest BCUT2D eigenvalue weighted by Crippen LogP contribution is -2.04. The van der Waals surface area contributed by atoms with E-state index in [1.165, 1.54) is 47.2 Å². The van der Waals surface area contributed by atoms with Gasteiger partial charge >= 0.3 is 0 Å². The molecule has 2 heterocycles. The lowest BCUT2D eigenvalue weighted by atomic mass is 9.96. The van der Waals surface area contributed by atoms with E-state index in [0.29, 0.717) is 0 Å². The van der Waals surface area contributed by atoms with Crippen molar-refractivity contribution in [2.75, 3.05) is 11.9 Å². The predicted octanol–water partition coefficient (Wildman–Crippen LogP) is 2.77. The number of aryl methyl sites for hydroxylation is 1. The van der Waals surface area contributed by atoms with Gasteiger partial charge in [0.2, 0.25) is 0 Å². The van der Waals surface area contributed by atoms with Crippen molar-refractivity contribution >= 4 is 5.69 Å². The molecule has 3 rings (SSSR count). The minimum absolute atomic E-state index is 0.802. The highest BCUT2D eigenvalue weighted by Crippen LogP contribution is 2.34. The molecule has 0 bridgehead atoms. The first kappa shape index (κ1) is 9.22. The monoisotopic (exact) mass is 203 g/mol. The molecule has 1 aromatic rings. The Morgan fingerprint density at radius 3 is 3.07 bits per heavy atom. The fourth-order valence-corrected chi connectivity index (χ4v) is 2.69. The second kappa shape index (κ2) is 3.53. The topological polar surface area (TPSA) is 21.3 Å². The van der Waals surface area contributed by atoms with Crippen LogP contribution in [0.4, 0.5) is 5.69 Å². The number of ether oxygens (including phenoxy) is 1. The van der Waals surface area contributed by atoms with E-state index in [-0.39, 0.29) is 0 Å². The van der Waals surface area contributed by atoms with E-state index in [4.69, 9.17) is 4.74 Å². The molecule has 80 valence electrons. The number of nitrogens with one attached hydrogen (secondary N) is 1. The predicted molar refractivity (Wildman–Crippen MR) is 61.1 cm³/mol. The first-order chi connectivity index (χ1) is 7.36. The molecule has 0 saturated heterocycles. The van der Waals surface area contributed by atoms with Gasteiger partial charge in [-0.3, -0.25) is 0 Å². The highest BCUT2D eigenvalue weighted by molar-refractivity contribution is 5.63.